The van der Waals surface area contributed by atoms with Crippen LogP contribution >= 0.6 is 15.9 Å². The van der Waals surface area contributed by atoms with Gasteiger partial charge in [-0.1, -0.05) is 6.07 Å². The van der Waals surface area contributed by atoms with Crippen LogP contribution in [-0.4, -0.2) is 65.1 Å². The fourth-order valence-corrected chi connectivity index (χ4v) is 3.97. The number of morpholine rings is 1. The van der Waals surface area contributed by atoms with Crippen LogP contribution in [0.3, 0.4) is 0 Å². The van der Waals surface area contributed by atoms with Gasteiger partial charge in [-0.25, -0.2) is 4.98 Å². The summed E-state index contributed by atoms with van der Waals surface area (Å²) in [6.07, 6.45) is 1.53. The van der Waals surface area contributed by atoms with Crippen LogP contribution in [0.4, 0.5) is 17.3 Å². The molecule has 3 N–H and O–H groups in total. The first-order valence-electron chi connectivity index (χ1n) is 11.1. The summed E-state index contributed by atoms with van der Waals surface area (Å²) in [4.78, 5) is 19.6. The number of benzene rings is 1. The summed E-state index contributed by atoms with van der Waals surface area (Å²) >= 11 is 3.31. The average Bonchev–Trinajstić information content (AvgIpc) is 2.85. The van der Waals surface area contributed by atoms with Crippen molar-refractivity contribution in [2.24, 2.45) is 0 Å². The number of carbonyl (C=O) groups excluding carboxylic acids is 1. The number of amides is 1. The number of aliphatic hydroxyl groups is 1. The van der Waals surface area contributed by atoms with Crippen LogP contribution in [0.2, 0.25) is 0 Å². The maximum atomic E-state index is 12.7. The number of nitrogens with one attached hydrogen (secondary N) is 2. The van der Waals surface area contributed by atoms with Crippen LogP contribution in [0.15, 0.2) is 47.1 Å². The molecule has 1 aromatic carbocycles. The lowest BCUT2D eigenvalue weighted by atomic mass is 10.00. The monoisotopic (exact) mass is 526 g/mol. The van der Waals surface area contributed by atoms with E-state index in [2.05, 4.69) is 41.7 Å². The van der Waals surface area contributed by atoms with Crippen LogP contribution in [0.5, 0.6) is 0 Å². The van der Waals surface area contributed by atoms with Gasteiger partial charge in [0.25, 0.3) is 5.91 Å². The molecule has 9 nitrogen and oxygen atoms in total. The Bertz CT molecular complexity index is 1170. The summed E-state index contributed by atoms with van der Waals surface area (Å²) < 4.78 is 6.18. The molecular weight excluding hydrogens is 500 g/mol. The predicted octanol–water partition coefficient (Wildman–Crippen LogP) is 3.49. The molecule has 3 heterocycles. The fourth-order valence-electron chi connectivity index (χ4n) is 3.66. The van der Waals surface area contributed by atoms with Crippen molar-refractivity contribution in [2.45, 2.75) is 19.9 Å². The summed E-state index contributed by atoms with van der Waals surface area (Å²) in [5, 5.41) is 23.4. The molecule has 0 unspecified atom stereocenters. The van der Waals surface area contributed by atoms with E-state index in [0.29, 0.717) is 29.2 Å². The van der Waals surface area contributed by atoms with Gasteiger partial charge in [0.15, 0.2) is 5.69 Å². The number of rotatable bonds is 7. The maximum absolute atomic E-state index is 12.7. The second-order valence-electron chi connectivity index (χ2n) is 8.17. The van der Waals surface area contributed by atoms with E-state index in [1.165, 1.54) is 6.20 Å². The molecular formula is C24H27BrN6O3. The fraction of sp³-hybridized carbons (Fsp3) is 0.333. The van der Waals surface area contributed by atoms with E-state index < -0.39 is 0 Å². The lowest BCUT2D eigenvalue weighted by Crippen LogP contribution is -2.37. The average molecular weight is 527 g/mol. The Hall–Kier alpha value is -3.08. The number of anilines is 3. The van der Waals surface area contributed by atoms with Gasteiger partial charge in [-0.15, -0.1) is 5.10 Å². The number of aliphatic hydroxyl groups excluding tert-OH is 1. The number of nitrogens with zero attached hydrogens (tertiary/aromatic N) is 4. The number of ether oxygens (including phenoxy) is 1. The first-order valence-corrected chi connectivity index (χ1v) is 11.8. The lowest BCUT2D eigenvalue weighted by molar-refractivity contribution is 0.102. The number of pyridine rings is 1. The smallest absolute Gasteiger partial charge is 0.276 e. The minimum absolute atomic E-state index is 0.00215. The topological polar surface area (TPSA) is 112 Å². The number of halogens is 1. The van der Waals surface area contributed by atoms with Gasteiger partial charge in [-0.3, -0.25) is 4.79 Å². The molecule has 1 aliphatic heterocycles. The summed E-state index contributed by atoms with van der Waals surface area (Å²) in [6.45, 7) is 6.75. The molecule has 3 aromatic rings. The molecule has 4 rings (SSSR count). The second kappa shape index (κ2) is 10.9. The molecule has 1 fully saturated rings. The number of hydrogen-bond acceptors (Lipinski definition) is 8. The van der Waals surface area contributed by atoms with Crippen molar-refractivity contribution in [1.82, 2.24) is 15.2 Å². The molecule has 1 saturated heterocycles. The molecule has 2 aromatic heterocycles. The number of carbonyl (C=O) groups is 1. The minimum atomic E-state index is -0.341. The van der Waals surface area contributed by atoms with Gasteiger partial charge in [-0.2, -0.15) is 5.10 Å². The third kappa shape index (κ3) is 5.88. The van der Waals surface area contributed by atoms with Gasteiger partial charge in [-0.05, 0) is 76.8 Å². The van der Waals surface area contributed by atoms with E-state index in [0.717, 1.165) is 35.6 Å². The Kier molecular flexibility index (Phi) is 7.71. The Morgan fingerprint density at radius 3 is 2.76 bits per heavy atom. The molecule has 178 valence electrons. The number of aryl methyl sites for hydroxylation is 1. The zero-order chi connectivity index (χ0) is 24.1. The van der Waals surface area contributed by atoms with Crippen LogP contribution in [0.1, 0.15) is 23.0 Å². The minimum Gasteiger partial charge on any atom is -0.394 e. The molecule has 1 amide bonds. The van der Waals surface area contributed by atoms with E-state index in [1.807, 2.05) is 44.2 Å². The number of hydrogen-bond donors (Lipinski definition) is 3. The van der Waals surface area contributed by atoms with Crippen molar-refractivity contribution in [3.05, 3.63) is 58.3 Å². The van der Waals surface area contributed by atoms with Gasteiger partial charge in [0.05, 0.1) is 26.0 Å². The first-order chi connectivity index (χ1) is 16.4. The predicted molar refractivity (Wildman–Crippen MR) is 135 cm³/mol. The third-order valence-electron chi connectivity index (χ3n) is 5.48. The van der Waals surface area contributed by atoms with E-state index >= 15 is 0 Å². The highest BCUT2D eigenvalue weighted by Crippen LogP contribution is 2.31. The molecule has 10 heteroatoms. The Morgan fingerprint density at radius 2 is 2.03 bits per heavy atom. The molecule has 34 heavy (non-hydrogen) atoms. The molecule has 0 bridgehead atoms. The molecule has 1 aliphatic rings. The van der Waals surface area contributed by atoms with Crippen LogP contribution in [-0.2, 0) is 4.74 Å². The maximum Gasteiger partial charge on any atom is 0.276 e. The van der Waals surface area contributed by atoms with E-state index in [1.54, 1.807) is 6.07 Å². The second-order valence-corrected chi connectivity index (χ2v) is 9.09. The lowest BCUT2D eigenvalue weighted by Gasteiger charge is -2.29. The van der Waals surface area contributed by atoms with Crippen LogP contribution in [0.25, 0.3) is 11.1 Å². The quantitative estimate of drug-likeness (QED) is 0.428. The first kappa shape index (κ1) is 24.1. The Morgan fingerprint density at radius 1 is 1.24 bits per heavy atom. The van der Waals surface area contributed by atoms with Crippen molar-refractivity contribution in [3.8, 4) is 11.1 Å². The highest BCUT2D eigenvalue weighted by molar-refractivity contribution is 9.10. The van der Waals surface area contributed by atoms with Crippen molar-refractivity contribution in [3.63, 3.8) is 0 Å². The zero-order valence-corrected chi connectivity index (χ0v) is 20.7. The van der Waals surface area contributed by atoms with Gasteiger partial charge >= 0.3 is 0 Å². The summed E-state index contributed by atoms with van der Waals surface area (Å²) in [7, 11) is 0. The molecule has 0 aliphatic carbocycles. The van der Waals surface area contributed by atoms with Crippen molar-refractivity contribution >= 4 is 39.2 Å². The van der Waals surface area contributed by atoms with Crippen molar-refractivity contribution in [1.29, 1.82) is 0 Å². The summed E-state index contributed by atoms with van der Waals surface area (Å²) in [6, 6.07) is 11.3. The van der Waals surface area contributed by atoms with Crippen LogP contribution < -0.4 is 15.5 Å². The Labute approximate surface area is 206 Å². The molecule has 0 saturated carbocycles. The Balaban J connectivity index is 1.67. The molecule has 0 radical (unpaired) electrons. The van der Waals surface area contributed by atoms with Gasteiger partial charge in [0, 0.05) is 29.3 Å². The highest BCUT2D eigenvalue weighted by Gasteiger charge is 2.17. The number of aromatic nitrogens is 3. The highest BCUT2D eigenvalue weighted by atomic mass is 79.9. The summed E-state index contributed by atoms with van der Waals surface area (Å²) in [5.74, 6) is 1.18. The summed E-state index contributed by atoms with van der Waals surface area (Å²) in [5.41, 5.74) is 3.85. The molecule has 1 atom stereocenters. The van der Waals surface area contributed by atoms with Gasteiger partial charge < -0.3 is 25.4 Å². The zero-order valence-electron chi connectivity index (χ0n) is 19.1. The van der Waals surface area contributed by atoms with E-state index in [4.69, 9.17) is 9.72 Å². The van der Waals surface area contributed by atoms with Gasteiger partial charge in [0.1, 0.15) is 11.6 Å². The van der Waals surface area contributed by atoms with E-state index in [-0.39, 0.29) is 24.2 Å². The van der Waals surface area contributed by atoms with E-state index in [9.17, 15) is 9.90 Å². The van der Waals surface area contributed by atoms with Crippen LogP contribution in [0, 0.1) is 6.92 Å². The van der Waals surface area contributed by atoms with Crippen molar-refractivity contribution < 1.29 is 14.6 Å². The normalized spacial score (nSPS) is 14.5. The van der Waals surface area contributed by atoms with Crippen molar-refractivity contribution in [2.75, 3.05) is 48.4 Å². The molecule has 0 spiro atoms. The standard InChI is InChI=1S/C24H27BrN6O3/c1-15-3-4-19(28-24(33)21-11-18(25)13-26-30-21)12-20(15)17-9-22(27-16(2)14-32)29-23(10-17)31-5-7-34-8-6-31/h3-4,9-13,16,32H,5-8,14H2,1-2H3,(H,27,29)(H,28,33)/t16-/m1/s1. The largest absolute Gasteiger partial charge is 0.394 e. The third-order valence-corrected chi connectivity index (χ3v) is 5.91. The SMILES string of the molecule is Cc1ccc(NC(=O)c2cc(Br)cnn2)cc1-c1cc(N[C@H](C)CO)nc(N2CCOCC2)c1. The van der Waals surface area contributed by atoms with Gasteiger partial charge in [0.2, 0.25) is 0 Å².